The summed E-state index contributed by atoms with van der Waals surface area (Å²) in [6.07, 6.45) is 3.35. The van der Waals surface area contributed by atoms with Gasteiger partial charge in [0.15, 0.2) is 0 Å². The van der Waals surface area contributed by atoms with Crippen LogP contribution in [0.3, 0.4) is 0 Å². The van der Waals surface area contributed by atoms with Crippen LogP contribution in [0.1, 0.15) is 84.4 Å². The van der Waals surface area contributed by atoms with Gasteiger partial charge in [0, 0.05) is 0 Å². The molecule has 0 aliphatic heterocycles. The van der Waals surface area contributed by atoms with Gasteiger partial charge in [-0.2, -0.15) is 0 Å². The first-order valence-corrected chi connectivity index (χ1v) is 9.61. The molecule has 0 spiro atoms. The van der Waals surface area contributed by atoms with Crippen LogP contribution in [0.5, 0.6) is 0 Å². The second kappa shape index (κ2) is 9.26. The predicted octanol–water partition coefficient (Wildman–Crippen LogP) is 6.17. The molecule has 0 aromatic heterocycles. The number of ether oxygens (including phenoxy) is 2. The van der Waals surface area contributed by atoms with E-state index in [-0.39, 0.29) is 10.8 Å². The van der Waals surface area contributed by atoms with Crippen LogP contribution in [0.4, 0.5) is 4.79 Å². The maximum atomic E-state index is 11.3. The Morgan fingerprint density at radius 1 is 0.960 bits per heavy atom. The summed E-state index contributed by atoms with van der Waals surface area (Å²) >= 11 is 0. The average molecular weight is 349 g/mol. The summed E-state index contributed by atoms with van der Waals surface area (Å²) in [5, 5.41) is 0. The van der Waals surface area contributed by atoms with E-state index in [0.717, 1.165) is 25.7 Å². The molecule has 25 heavy (non-hydrogen) atoms. The predicted molar refractivity (Wildman–Crippen MR) is 104 cm³/mol. The molecule has 0 radical (unpaired) electrons. The highest BCUT2D eigenvalue weighted by atomic mass is 16.7. The van der Waals surface area contributed by atoms with Crippen molar-refractivity contribution in [2.75, 3.05) is 13.2 Å². The number of aryl methyl sites for hydroxylation is 1. The van der Waals surface area contributed by atoms with Gasteiger partial charge in [0.2, 0.25) is 0 Å². The van der Waals surface area contributed by atoms with Crippen molar-refractivity contribution in [1.82, 2.24) is 0 Å². The zero-order valence-electron chi connectivity index (χ0n) is 17.2. The van der Waals surface area contributed by atoms with Crippen LogP contribution in [0.2, 0.25) is 0 Å². The summed E-state index contributed by atoms with van der Waals surface area (Å²) < 4.78 is 9.88. The summed E-state index contributed by atoms with van der Waals surface area (Å²) in [5.41, 5.74) is 4.50. The molecule has 1 aromatic carbocycles. The molecule has 0 aliphatic carbocycles. The lowest BCUT2D eigenvalue weighted by atomic mass is 9.74. The van der Waals surface area contributed by atoms with E-state index >= 15 is 0 Å². The van der Waals surface area contributed by atoms with E-state index in [9.17, 15) is 4.79 Å². The van der Waals surface area contributed by atoms with Crippen molar-refractivity contribution in [3.8, 4) is 0 Å². The quantitative estimate of drug-likeness (QED) is 0.395. The Labute approximate surface area is 154 Å². The zero-order valence-corrected chi connectivity index (χ0v) is 17.2. The Hall–Kier alpha value is -1.51. The normalized spacial score (nSPS) is 12.1. The SMILES string of the molecule is CCOC(=O)OCCCc1ccc(C(C)(C)CC)cc1C(C)(C)CC. The van der Waals surface area contributed by atoms with E-state index in [1.54, 1.807) is 6.92 Å². The fourth-order valence-corrected chi connectivity index (χ4v) is 2.82. The third-order valence-corrected chi connectivity index (χ3v) is 5.46. The van der Waals surface area contributed by atoms with Crippen molar-refractivity contribution < 1.29 is 14.3 Å². The average Bonchev–Trinajstić information content (AvgIpc) is 2.58. The number of hydrogen-bond acceptors (Lipinski definition) is 3. The van der Waals surface area contributed by atoms with Crippen LogP contribution >= 0.6 is 0 Å². The molecule has 0 saturated carbocycles. The molecule has 0 bridgehead atoms. The third kappa shape index (κ3) is 6.05. The van der Waals surface area contributed by atoms with E-state index in [1.165, 1.54) is 16.7 Å². The van der Waals surface area contributed by atoms with Crippen molar-refractivity contribution in [2.45, 2.75) is 85.0 Å². The van der Waals surface area contributed by atoms with Crippen LogP contribution < -0.4 is 0 Å². The first-order valence-electron chi connectivity index (χ1n) is 9.61. The standard InChI is InChI=1S/C22H36O3/c1-8-21(4,5)18-14-13-17(19(16-18)22(6,7)9-2)12-11-15-25-20(23)24-10-3/h13-14,16H,8-12,15H2,1-7H3. The molecule has 1 rings (SSSR count). The highest BCUT2D eigenvalue weighted by Gasteiger charge is 2.25. The minimum atomic E-state index is -0.573. The molecular weight excluding hydrogens is 312 g/mol. The fourth-order valence-electron chi connectivity index (χ4n) is 2.82. The molecule has 0 aliphatic rings. The number of hydrogen-bond donors (Lipinski definition) is 0. The van der Waals surface area contributed by atoms with E-state index in [0.29, 0.717) is 13.2 Å². The second-order valence-electron chi connectivity index (χ2n) is 7.98. The molecule has 0 N–H and O–H groups in total. The van der Waals surface area contributed by atoms with Gasteiger partial charge in [-0.15, -0.1) is 0 Å². The maximum Gasteiger partial charge on any atom is 0.508 e. The Morgan fingerprint density at radius 2 is 1.60 bits per heavy atom. The first-order chi connectivity index (χ1) is 11.7. The summed E-state index contributed by atoms with van der Waals surface area (Å²) in [7, 11) is 0. The number of carbonyl (C=O) groups excluding carboxylic acids is 1. The first kappa shape index (κ1) is 21.5. The number of carbonyl (C=O) groups is 1. The lowest BCUT2D eigenvalue weighted by molar-refractivity contribution is 0.0583. The summed E-state index contributed by atoms with van der Waals surface area (Å²) in [6.45, 7) is 16.2. The van der Waals surface area contributed by atoms with E-state index < -0.39 is 6.16 Å². The van der Waals surface area contributed by atoms with Gasteiger partial charge in [-0.1, -0.05) is 59.7 Å². The minimum Gasteiger partial charge on any atom is -0.435 e. The van der Waals surface area contributed by atoms with Crippen LogP contribution in [0.15, 0.2) is 18.2 Å². The summed E-state index contributed by atoms with van der Waals surface area (Å²) in [4.78, 5) is 11.3. The number of benzene rings is 1. The smallest absolute Gasteiger partial charge is 0.435 e. The summed E-state index contributed by atoms with van der Waals surface area (Å²) in [6, 6.07) is 6.93. The Bertz CT molecular complexity index is 558. The largest absolute Gasteiger partial charge is 0.508 e. The van der Waals surface area contributed by atoms with Gasteiger partial charge in [-0.05, 0) is 60.1 Å². The highest BCUT2D eigenvalue weighted by Crippen LogP contribution is 2.35. The molecule has 3 nitrogen and oxygen atoms in total. The van der Waals surface area contributed by atoms with Crippen molar-refractivity contribution in [2.24, 2.45) is 0 Å². The molecule has 1 aromatic rings. The van der Waals surface area contributed by atoms with Crippen molar-refractivity contribution in [3.05, 3.63) is 34.9 Å². The maximum absolute atomic E-state index is 11.3. The van der Waals surface area contributed by atoms with Crippen molar-refractivity contribution in [3.63, 3.8) is 0 Å². The molecule has 0 saturated heterocycles. The van der Waals surface area contributed by atoms with Crippen molar-refractivity contribution >= 4 is 6.16 Å². The zero-order chi connectivity index (χ0) is 19.1. The monoisotopic (exact) mass is 348 g/mol. The molecule has 0 amide bonds. The highest BCUT2D eigenvalue weighted by molar-refractivity contribution is 5.59. The third-order valence-electron chi connectivity index (χ3n) is 5.46. The minimum absolute atomic E-state index is 0.136. The van der Waals surface area contributed by atoms with Gasteiger partial charge in [0.05, 0.1) is 13.2 Å². The van der Waals surface area contributed by atoms with E-state index in [2.05, 4.69) is 59.7 Å². The molecule has 0 atom stereocenters. The lowest BCUT2D eigenvalue weighted by Gasteiger charge is -2.31. The van der Waals surface area contributed by atoms with Gasteiger partial charge in [0.25, 0.3) is 0 Å². The van der Waals surface area contributed by atoms with Gasteiger partial charge >= 0.3 is 6.16 Å². The molecule has 3 heteroatoms. The summed E-state index contributed by atoms with van der Waals surface area (Å²) in [5.74, 6) is 0. The number of rotatable bonds is 9. The fraction of sp³-hybridized carbons (Fsp3) is 0.682. The second-order valence-corrected chi connectivity index (χ2v) is 7.98. The Morgan fingerprint density at radius 3 is 2.16 bits per heavy atom. The van der Waals surface area contributed by atoms with Crippen LogP contribution in [0.25, 0.3) is 0 Å². The van der Waals surface area contributed by atoms with Crippen LogP contribution in [-0.2, 0) is 26.7 Å². The Balaban J connectivity index is 2.93. The molecule has 0 heterocycles. The molecular formula is C22H36O3. The van der Waals surface area contributed by atoms with E-state index in [1.807, 2.05) is 0 Å². The molecule has 142 valence electrons. The van der Waals surface area contributed by atoms with Gasteiger partial charge in [0.1, 0.15) is 0 Å². The van der Waals surface area contributed by atoms with Gasteiger partial charge < -0.3 is 9.47 Å². The van der Waals surface area contributed by atoms with Gasteiger partial charge in [-0.25, -0.2) is 4.79 Å². The molecule has 0 fully saturated rings. The van der Waals surface area contributed by atoms with E-state index in [4.69, 9.17) is 9.47 Å². The van der Waals surface area contributed by atoms with Crippen LogP contribution in [0, 0.1) is 0 Å². The Kier molecular flexibility index (Phi) is 7.98. The lowest BCUT2D eigenvalue weighted by Crippen LogP contribution is -2.22. The molecule has 0 unspecified atom stereocenters. The topological polar surface area (TPSA) is 35.5 Å². The van der Waals surface area contributed by atoms with Crippen LogP contribution in [-0.4, -0.2) is 19.4 Å². The van der Waals surface area contributed by atoms with Crippen molar-refractivity contribution in [1.29, 1.82) is 0 Å². The van der Waals surface area contributed by atoms with Gasteiger partial charge in [-0.3, -0.25) is 0 Å².